The van der Waals surface area contributed by atoms with Crippen LogP contribution in [0.5, 0.6) is 5.75 Å². The van der Waals surface area contributed by atoms with E-state index in [-0.39, 0.29) is 23.8 Å². The second-order valence-corrected chi connectivity index (χ2v) is 8.18. The number of fused-ring (bicyclic) bond motifs is 3. The molecule has 1 aliphatic carbocycles. The largest absolute Gasteiger partial charge is 0.488 e. The standard InChI is InChI=1S/C23H18FNO6S/c1-14-15(12-26)10-16(31-32(24,28)29)11-22(14)25-23(27)30-13-21-19-8-4-2-6-17(19)18-7-3-5-9-20(18)21/h2-12,21H,13H2,1H3,(H,25,27). The van der Waals surface area contributed by atoms with Gasteiger partial charge < -0.3 is 8.92 Å². The van der Waals surface area contributed by atoms with Crippen molar-refractivity contribution in [1.82, 2.24) is 0 Å². The Labute approximate surface area is 184 Å². The summed E-state index contributed by atoms with van der Waals surface area (Å²) in [7, 11) is -5.30. The van der Waals surface area contributed by atoms with Crippen molar-refractivity contribution in [3.05, 3.63) is 82.9 Å². The summed E-state index contributed by atoms with van der Waals surface area (Å²) < 4.78 is 44.1. The molecule has 1 amide bonds. The van der Waals surface area contributed by atoms with Gasteiger partial charge in [0.05, 0.1) is 5.69 Å². The van der Waals surface area contributed by atoms with E-state index in [4.69, 9.17) is 4.74 Å². The van der Waals surface area contributed by atoms with Crippen molar-refractivity contribution in [2.24, 2.45) is 0 Å². The quantitative estimate of drug-likeness (QED) is 0.425. The molecule has 9 heteroatoms. The summed E-state index contributed by atoms with van der Waals surface area (Å²) in [5.41, 5.74) is 4.69. The summed E-state index contributed by atoms with van der Waals surface area (Å²) in [4.78, 5) is 23.8. The first kappa shape index (κ1) is 21.5. The molecule has 0 atom stereocenters. The van der Waals surface area contributed by atoms with Crippen molar-refractivity contribution in [3.63, 3.8) is 0 Å². The number of hydrogen-bond acceptors (Lipinski definition) is 6. The van der Waals surface area contributed by atoms with Gasteiger partial charge in [-0.3, -0.25) is 10.1 Å². The molecule has 0 aromatic heterocycles. The highest BCUT2D eigenvalue weighted by atomic mass is 32.3. The molecule has 0 unspecified atom stereocenters. The summed E-state index contributed by atoms with van der Waals surface area (Å²) in [5.74, 6) is -0.597. The van der Waals surface area contributed by atoms with Crippen LogP contribution in [0, 0.1) is 6.92 Å². The monoisotopic (exact) mass is 455 g/mol. The normalized spacial score (nSPS) is 12.6. The molecule has 3 aromatic carbocycles. The lowest BCUT2D eigenvalue weighted by atomic mass is 9.98. The van der Waals surface area contributed by atoms with E-state index in [9.17, 15) is 21.9 Å². The fourth-order valence-electron chi connectivity index (χ4n) is 3.87. The zero-order valence-corrected chi connectivity index (χ0v) is 17.7. The van der Waals surface area contributed by atoms with Gasteiger partial charge in [0.15, 0.2) is 6.29 Å². The Morgan fingerprint density at radius 2 is 1.66 bits per heavy atom. The van der Waals surface area contributed by atoms with Gasteiger partial charge in [-0.05, 0) is 40.8 Å². The minimum Gasteiger partial charge on any atom is -0.448 e. The first-order valence-corrected chi connectivity index (χ1v) is 10.9. The summed E-state index contributed by atoms with van der Waals surface area (Å²) in [5, 5.41) is 2.47. The molecular formula is C23H18FNO6S. The molecule has 0 aliphatic heterocycles. The number of amides is 1. The summed E-state index contributed by atoms with van der Waals surface area (Å²) in [6, 6.07) is 17.9. The Hall–Kier alpha value is -3.72. The smallest absolute Gasteiger partial charge is 0.448 e. The van der Waals surface area contributed by atoms with Crippen molar-refractivity contribution >= 4 is 28.6 Å². The molecular weight excluding hydrogens is 437 g/mol. The van der Waals surface area contributed by atoms with Crippen LogP contribution in [0.3, 0.4) is 0 Å². The van der Waals surface area contributed by atoms with Gasteiger partial charge in [-0.15, -0.1) is 0 Å². The number of anilines is 1. The number of halogens is 1. The van der Waals surface area contributed by atoms with Gasteiger partial charge >= 0.3 is 16.6 Å². The molecule has 1 aliphatic rings. The van der Waals surface area contributed by atoms with E-state index in [1.165, 1.54) is 6.92 Å². The van der Waals surface area contributed by atoms with Crippen molar-refractivity contribution in [1.29, 1.82) is 0 Å². The van der Waals surface area contributed by atoms with Crippen molar-refractivity contribution in [2.75, 3.05) is 11.9 Å². The lowest BCUT2D eigenvalue weighted by Gasteiger charge is -2.16. The lowest BCUT2D eigenvalue weighted by molar-refractivity contribution is 0.112. The van der Waals surface area contributed by atoms with E-state index >= 15 is 0 Å². The van der Waals surface area contributed by atoms with E-state index in [1.54, 1.807) is 0 Å². The van der Waals surface area contributed by atoms with Crippen LogP contribution in [-0.2, 0) is 15.2 Å². The van der Waals surface area contributed by atoms with Crippen molar-refractivity contribution < 1.29 is 30.8 Å². The number of benzene rings is 3. The Morgan fingerprint density at radius 1 is 1.06 bits per heavy atom. The number of rotatable bonds is 6. The second kappa shape index (κ2) is 8.43. The van der Waals surface area contributed by atoms with Crippen LogP contribution in [-0.4, -0.2) is 27.4 Å². The third-order valence-corrected chi connectivity index (χ3v) is 5.72. The van der Waals surface area contributed by atoms with Crippen molar-refractivity contribution in [2.45, 2.75) is 12.8 Å². The van der Waals surface area contributed by atoms with Crippen molar-refractivity contribution in [3.8, 4) is 16.9 Å². The SMILES string of the molecule is Cc1c(C=O)cc(OS(=O)(=O)F)cc1NC(=O)OCC1c2ccccc2-c2ccccc21. The molecule has 0 heterocycles. The fraction of sp³-hybridized carbons (Fsp3) is 0.130. The maximum absolute atomic E-state index is 12.9. The lowest BCUT2D eigenvalue weighted by Crippen LogP contribution is -2.18. The highest BCUT2D eigenvalue weighted by molar-refractivity contribution is 7.81. The topological polar surface area (TPSA) is 98.8 Å². The van der Waals surface area contributed by atoms with Crippen LogP contribution in [0.15, 0.2) is 60.7 Å². The average molecular weight is 455 g/mol. The molecule has 0 radical (unpaired) electrons. The molecule has 0 spiro atoms. The van der Waals surface area contributed by atoms with E-state index in [2.05, 4.69) is 9.50 Å². The van der Waals surface area contributed by atoms with Gasteiger partial charge in [-0.1, -0.05) is 52.4 Å². The fourth-order valence-corrected chi connectivity index (χ4v) is 4.20. The molecule has 7 nitrogen and oxygen atoms in total. The van der Waals surface area contributed by atoms with Crippen LogP contribution in [0.2, 0.25) is 0 Å². The third kappa shape index (κ3) is 4.33. The highest BCUT2D eigenvalue weighted by Gasteiger charge is 2.29. The molecule has 1 N–H and O–H groups in total. The zero-order valence-electron chi connectivity index (χ0n) is 16.9. The van der Waals surface area contributed by atoms with Gasteiger partial charge in [0.25, 0.3) is 0 Å². The number of nitrogens with one attached hydrogen (secondary N) is 1. The van der Waals surface area contributed by atoms with Crippen LogP contribution in [0.1, 0.15) is 33.0 Å². The van der Waals surface area contributed by atoms with E-state index in [1.807, 2.05) is 48.5 Å². The molecule has 0 bridgehead atoms. The van der Waals surface area contributed by atoms with Gasteiger partial charge in [-0.25, -0.2) is 4.79 Å². The van der Waals surface area contributed by atoms with E-state index in [0.29, 0.717) is 11.8 Å². The van der Waals surface area contributed by atoms with Gasteiger partial charge in [0.2, 0.25) is 0 Å². The van der Waals surface area contributed by atoms with Crippen LogP contribution >= 0.6 is 0 Å². The molecule has 32 heavy (non-hydrogen) atoms. The number of aldehydes is 1. The number of carbonyl (C=O) groups is 2. The second-order valence-electron chi connectivity index (χ2n) is 7.23. The first-order valence-electron chi connectivity index (χ1n) is 9.62. The van der Waals surface area contributed by atoms with Gasteiger partial charge in [0, 0.05) is 17.5 Å². The van der Waals surface area contributed by atoms with Crippen LogP contribution in [0.25, 0.3) is 11.1 Å². The molecule has 0 saturated carbocycles. The molecule has 164 valence electrons. The predicted molar refractivity (Wildman–Crippen MR) is 116 cm³/mol. The summed E-state index contributed by atoms with van der Waals surface area (Å²) in [6.07, 6.45) is -0.372. The highest BCUT2D eigenvalue weighted by Crippen LogP contribution is 2.44. The minimum absolute atomic E-state index is 0.0279. The summed E-state index contributed by atoms with van der Waals surface area (Å²) >= 11 is 0. The van der Waals surface area contributed by atoms with Gasteiger partial charge in [0.1, 0.15) is 12.4 Å². The Morgan fingerprint density at radius 3 is 2.22 bits per heavy atom. The van der Waals surface area contributed by atoms with E-state index in [0.717, 1.165) is 34.4 Å². The Bertz CT molecular complexity index is 1280. The molecule has 3 aromatic rings. The van der Waals surface area contributed by atoms with Crippen LogP contribution in [0.4, 0.5) is 14.4 Å². The maximum Gasteiger partial charge on any atom is 0.488 e. The van der Waals surface area contributed by atoms with E-state index < -0.39 is 22.3 Å². The van der Waals surface area contributed by atoms with Crippen LogP contribution < -0.4 is 9.50 Å². The van der Waals surface area contributed by atoms with Gasteiger partial charge in [-0.2, -0.15) is 8.42 Å². The minimum atomic E-state index is -5.30. The third-order valence-electron chi connectivity index (χ3n) is 5.32. The molecule has 0 fully saturated rings. The Balaban J connectivity index is 1.53. The maximum atomic E-state index is 12.9. The summed E-state index contributed by atoms with van der Waals surface area (Å²) in [6.45, 7) is 1.60. The molecule has 4 rings (SSSR count). The Kier molecular flexibility index (Phi) is 5.67. The molecule has 0 saturated heterocycles. The number of hydrogen-bond donors (Lipinski definition) is 1. The predicted octanol–water partition coefficient (Wildman–Crippen LogP) is 4.76. The zero-order chi connectivity index (χ0) is 22.9. The number of ether oxygens (including phenoxy) is 1. The average Bonchev–Trinajstić information content (AvgIpc) is 3.07. The first-order chi connectivity index (χ1) is 15.3. The number of carbonyl (C=O) groups excluding carboxylic acids is 2.